The maximum Gasteiger partial charge on any atom is 0.0546 e. The van der Waals surface area contributed by atoms with E-state index in [4.69, 9.17) is 0 Å². The van der Waals surface area contributed by atoms with Crippen molar-refractivity contribution >= 4 is 49.4 Å². The molecule has 0 N–H and O–H groups in total. The molecule has 0 spiro atoms. The van der Waals surface area contributed by atoms with Crippen molar-refractivity contribution in [3.8, 4) is 33.4 Å². The van der Waals surface area contributed by atoms with Crippen LogP contribution in [0.5, 0.6) is 0 Å². The van der Waals surface area contributed by atoms with Gasteiger partial charge in [0, 0.05) is 27.5 Å². The van der Waals surface area contributed by atoms with Crippen LogP contribution in [0, 0.1) is 0 Å². The molecule has 9 aromatic rings. The molecule has 2 aliphatic rings. The first-order valence-electron chi connectivity index (χ1n) is 21.2. The fourth-order valence-electron chi connectivity index (χ4n) is 10.8. The lowest BCUT2D eigenvalue weighted by molar-refractivity contribution is 0.596. The van der Waals surface area contributed by atoms with Crippen molar-refractivity contribution in [1.29, 1.82) is 0 Å². The minimum Gasteiger partial charge on any atom is -0.309 e. The maximum absolute atomic E-state index is 2.57. The van der Waals surface area contributed by atoms with Crippen LogP contribution < -0.4 is 4.90 Å². The third-order valence-corrected chi connectivity index (χ3v) is 13.8. The predicted molar refractivity (Wildman–Crippen MR) is 253 cm³/mol. The molecule has 0 aromatic heterocycles. The Hall–Kier alpha value is -6.44. The number of anilines is 3. The van der Waals surface area contributed by atoms with Crippen LogP contribution in [0.2, 0.25) is 0 Å². The molecule has 9 aromatic carbocycles. The first kappa shape index (κ1) is 35.7. The van der Waals surface area contributed by atoms with Gasteiger partial charge in [-0.1, -0.05) is 188 Å². The molecule has 1 heteroatoms. The average Bonchev–Trinajstić information content (AvgIpc) is 3.62. The summed E-state index contributed by atoms with van der Waals surface area (Å²) in [7, 11) is 0. The Morgan fingerprint density at radius 2 is 0.932 bits per heavy atom. The largest absolute Gasteiger partial charge is 0.309 e. The summed E-state index contributed by atoms with van der Waals surface area (Å²) in [6.07, 6.45) is 0. The van der Waals surface area contributed by atoms with Gasteiger partial charge in [-0.15, -0.1) is 0 Å². The number of hydrogen-bond acceptors (Lipinski definition) is 1. The summed E-state index contributed by atoms with van der Waals surface area (Å²) >= 11 is 0. The number of nitrogens with zero attached hydrogens (tertiary/aromatic N) is 1. The Balaban J connectivity index is 1.23. The van der Waals surface area contributed by atoms with E-state index >= 15 is 0 Å². The molecule has 11 rings (SSSR count). The molecule has 0 unspecified atom stereocenters. The third kappa shape index (κ3) is 5.17. The smallest absolute Gasteiger partial charge is 0.0546 e. The zero-order chi connectivity index (χ0) is 40.4. The van der Waals surface area contributed by atoms with E-state index in [2.05, 4.69) is 223 Å². The Morgan fingerprint density at radius 1 is 0.390 bits per heavy atom. The van der Waals surface area contributed by atoms with Gasteiger partial charge in [0.05, 0.1) is 11.4 Å². The number of rotatable bonds is 4. The van der Waals surface area contributed by atoms with Gasteiger partial charge in [-0.25, -0.2) is 0 Å². The van der Waals surface area contributed by atoms with E-state index in [0.29, 0.717) is 0 Å². The minimum atomic E-state index is -0.123. The molecular formula is C58H49N. The monoisotopic (exact) mass is 759 g/mol. The molecule has 59 heavy (non-hydrogen) atoms. The SMILES string of the molecule is CC(C)(C)c1ccc(N(c2ccc3c(c2)-c2c(ccc4ccccc24)C3(C)C)c2ccc3ccccc3c2-c2ccc3c(c2)-c2ccccc2C3(C)C)c2ccccc12. The van der Waals surface area contributed by atoms with Crippen molar-refractivity contribution in [2.45, 2.75) is 64.7 Å². The van der Waals surface area contributed by atoms with Gasteiger partial charge >= 0.3 is 0 Å². The highest BCUT2D eigenvalue weighted by Crippen LogP contribution is 2.55. The molecule has 1 nitrogen and oxygen atoms in total. The second kappa shape index (κ2) is 12.5. The highest BCUT2D eigenvalue weighted by molar-refractivity contribution is 6.10. The molecule has 0 atom stereocenters. The summed E-state index contributed by atoms with van der Waals surface area (Å²) in [5, 5.41) is 7.61. The third-order valence-electron chi connectivity index (χ3n) is 13.8. The molecule has 0 bridgehead atoms. The predicted octanol–water partition coefficient (Wildman–Crippen LogP) is 16.2. The zero-order valence-corrected chi connectivity index (χ0v) is 35.1. The van der Waals surface area contributed by atoms with E-state index in [1.165, 1.54) is 105 Å². The molecule has 0 aliphatic heterocycles. The standard InChI is InChI=1S/C58H49N/c1-56(2,3)47-31-33-52(44-22-13-12-20-42(44)47)59(39-27-30-50-46(35-39)55-41-19-11-9-16-36(41)24-29-51(55)58(50,6)7)53-32-26-37-17-8-10-18-40(37)54(53)38-25-28-49-45(34-38)43-21-14-15-23-48(43)57(49,4)5/h8-35H,1-7H3. The van der Waals surface area contributed by atoms with Crippen molar-refractivity contribution in [3.63, 3.8) is 0 Å². The average molecular weight is 760 g/mol. The van der Waals surface area contributed by atoms with Gasteiger partial charge in [-0.05, 0) is 118 Å². The number of fused-ring (bicyclic) bond motifs is 10. The van der Waals surface area contributed by atoms with Crippen molar-refractivity contribution in [2.75, 3.05) is 4.90 Å². The highest BCUT2D eigenvalue weighted by atomic mass is 15.1. The first-order valence-corrected chi connectivity index (χ1v) is 21.2. The van der Waals surface area contributed by atoms with Crippen molar-refractivity contribution in [1.82, 2.24) is 0 Å². The molecule has 0 saturated heterocycles. The zero-order valence-electron chi connectivity index (χ0n) is 35.1. The summed E-state index contributed by atoms with van der Waals surface area (Å²) in [6.45, 7) is 16.5. The van der Waals surface area contributed by atoms with Crippen LogP contribution in [0.3, 0.4) is 0 Å². The molecule has 286 valence electrons. The summed E-state index contributed by atoms with van der Waals surface area (Å²) in [4.78, 5) is 2.57. The Morgan fingerprint density at radius 3 is 1.68 bits per heavy atom. The maximum atomic E-state index is 2.57. The van der Waals surface area contributed by atoms with E-state index in [1.54, 1.807) is 0 Å². The molecule has 0 radical (unpaired) electrons. The molecule has 0 heterocycles. The highest BCUT2D eigenvalue weighted by Gasteiger charge is 2.38. The minimum absolute atomic E-state index is 0.0184. The Bertz CT molecular complexity index is 3210. The molecule has 0 amide bonds. The molecular weight excluding hydrogens is 711 g/mol. The van der Waals surface area contributed by atoms with E-state index in [1.807, 2.05) is 0 Å². The van der Waals surface area contributed by atoms with Crippen LogP contribution >= 0.6 is 0 Å². The van der Waals surface area contributed by atoms with Crippen LogP contribution in [-0.2, 0) is 16.2 Å². The lowest BCUT2D eigenvalue weighted by Gasteiger charge is -2.32. The second-order valence-corrected chi connectivity index (χ2v) is 18.9. The first-order chi connectivity index (χ1) is 28.4. The summed E-state index contributed by atoms with van der Waals surface area (Å²) in [6, 6.07) is 64.4. The number of benzene rings is 9. The van der Waals surface area contributed by atoms with Crippen LogP contribution in [-0.4, -0.2) is 0 Å². The lowest BCUT2D eigenvalue weighted by Crippen LogP contribution is -2.16. The van der Waals surface area contributed by atoms with Crippen LogP contribution in [0.25, 0.3) is 65.7 Å². The number of hydrogen-bond donors (Lipinski definition) is 0. The van der Waals surface area contributed by atoms with Gasteiger partial charge in [0.15, 0.2) is 0 Å². The summed E-state index contributed by atoms with van der Waals surface area (Å²) in [5.74, 6) is 0. The second-order valence-electron chi connectivity index (χ2n) is 18.9. The van der Waals surface area contributed by atoms with E-state index in [-0.39, 0.29) is 16.2 Å². The van der Waals surface area contributed by atoms with Gasteiger partial charge in [-0.2, -0.15) is 0 Å². The van der Waals surface area contributed by atoms with Crippen LogP contribution in [0.4, 0.5) is 17.1 Å². The van der Waals surface area contributed by atoms with Gasteiger partial charge in [0.1, 0.15) is 0 Å². The van der Waals surface area contributed by atoms with Gasteiger partial charge < -0.3 is 4.90 Å². The van der Waals surface area contributed by atoms with E-state index in [0.717, 1.165) is 5.69 Å². The Labute approximate surface area is 348 Å². The van der Waals surface area contributed by atoms with Crippen molar-refractivity contribution < 1.29 is 0 Å². The topological polar surface area (TPSA) is 3.24 Å². The fraction of sp³-hybridized carbons (Fsp3) is 0.172. The molecule has 0 saturated carbocycles. The van der Waals surface area contributed by atoms with Crippen LogP contribution in [0.1, 0.15) is 76.3 Å². The normalized spacial score (nSPS) is 14.6. The Kier molecular flexibility index (Phi) is 7.58. The van der Waals surface area contributed by atoms with Gasteiger partial charge in [0.2, 0.25) is 0 Å². The summed E-state index contributed by atoms with van der Waals surface area (Å²) in [5.41, 5.74) is 18.0. The van der Waals surface area contributed by atoms with E-state index in [9.17, 15) is 0 Å². The molecule has 0 fully saturated rings. The fourth-order valence-corrected chi connectivity index (χ4v) is 10.8. The quantitative estimate of drug-likeness (QED) is 0.173. The molecule has 2 aliphatic carbocycles. The van der Waals surface area contributed by atoms with Gasteiger partial charge in [-0.3, -0.25) is 0 Å². The van der Waals surface area contributed by atoms with Crippen molar-refractivity contribution in [3.05, 3.63) is 198 Å². The van der Waals surface area contributed by atoms with E-state index < -0.39 is 0 Å². The summed E-state index contributed by atoms with van der Waals surface area (Å²) < 4.78 is 0. The van der Waals surface area contributed by atoms with Crippen LogP contribution in [0.15, 0.2) is 170 Å². The van der Waals surface area contributed by atoms with Crippen molar-refractivity contribution in [2.24, 2.45) is 0 Å². The van der Waals surface area contributed by atoms with Gasteiger partial charge in [0.25, 0.3) is 0 Å². The lowest BCUT2D eigenvalue weighted by atomic mass is 9.82.